The first-order valence-corrected chi connectivity index (χ1v) is 12.7. The van der Waals surface area contributed by atoms with E-state index in [1.54, 1.807) is 0 Å². The first kappa shape index (κ1) is 21.7. The van der Waals surface area contributed by atoms with Crippen LogP contribution >= 0.6 is 0 Å². The zero-order valence-corrected chi connectivity index (χ0v) is 20.2. The van der Waals surface area contributed by atoms with Crippen LogP contribution in [0, 0.1) is 0 Å². The van der Waals surface area contributed by atoms with Crippen molar-refractivity contribution in [3.05, 3.63) is 95.2 Å². The number of aliphatic imine (C=N–C) groups is 1. The highest BCUT2D eigenvalue weighted by Crippen LogP contribution is 2.37. The smallest absolute Gasteiger partial charge is 0.296 e. The molecule has 0 bridgehead atoms. The molecule has 0 fully saturated rings. The number of carbonyl (C=O) groups excluding carboxylic acids is 1. The summed E-state index contributed by atoms with van der Waals surface area (Å²) in [6, 6.07) is 24.8. The standard InChI is InChI=1S/C30H30N4O/c1-2-33-27(21-22-19-23-11-9-17-32-18-10-12-24(20-22)28(23)32)29(35)31-30(33)34(25-13-5-3-6-14-25)26-15-7-4-8-16-26/h3-8,13-16,19-21H,2,9-12,17-18H2,1H3. The lowest BCUT2D eigenvalue weighted by Crippen LogP contribution is -2.38. The average molecular weight is 463 g/mol. The molecule has 3 aliphatic rings. The van der Waals surface area contributed by atoms with E-state index in [9.17, 15) is 4.79 Å². The molecule has 0 spiro atoms. The zero-order chi connectivity index (χ0) is 23.8. The number of aryl methyl sites for hydroxylation is 2. The number of anilines is 3. The molecular weight excluding hydrogens is 432 g/mol. The number of rotatable bonds is 4. The van der Waals surface area contributed by atoms with E-state index >= 15 is 0 Å². The quantitative estimate of drug-likeness (QED) is 0.461. The minimum absolute atomic E-state index is 0.188. The number of nitrogens with zero attached hydrogens (tertiary/aromatic N) is 4. The molecule has 176 valence electrons. The highest BCUT2D eigenvalue weighted by atomic mass is 16.2. The molecule has 3 heterocycles. The summed E-state index contributed by atoms with van der Waals surface area (Å²) in [6.07, 6.45) is 6.66. The Hall–Kier alpha value is -3.86. The first-order chi connectivity index (χ1) is 17.2. The van der Waals surface area contributed by atoms with E-state index in [0.717, 1.165) is 42.9 Å². The number of amides is 1. The lowest BCUT2D eigenvalue weighted by atomic mass is 9.90. The van der Waals surface area contributed by atoms with Crippen LogP contribution in [-0.4, -0.2) is 36.4 Å². The van der Waals surface area contributed by atoms with Crippen LogP contribution in [0.15, 0.2) is 83.5 Å². The van der Waals surface area contributed by atoms with Crippen molar-refractivity contribution in [3.8, 4) is 0 Å². The molecule has 3 aliphatic heterocycles. The Morgan fingerprint density at radius 1 is 0.886 bits per heavy atom. The molecule has 0 aromatic heterocycles. The van der Waals surface area contributed by atoms with Crippen LogP contribution < -0.4 is 9.80 Å². The van der Waals surface area contributed by atoms with E-state index in [0.29, 0.717) is 18.2 Å². The van der Waals surface area contributed by atoms with Crippen LogP contribution in [0.1, 0.15) is 36.5 Å². The van der Waals surface area contributed by atoms with Gasteiger partial charge in [0.1, 0.15) is 5.70 Å². The molecule has 5 heteroatoms. The fourth-order valence-electron chi connectivity index (χ4n) is 5.66. The third-order valence-corrected chi connectivity index (χ3v) is 7.16. The highest BCUT2D eigenvalue weighted by molar-refractivity contribution is 6.19. The summed E-state index contributed by atoms with van der Waals surface area (Å²) >= 11 is 0. The van der Waals surface area contributed by atoms with Gasteiger partial charge in [0.2, 0.25) is 5.96 Å². The summed E-state index contributed by atoms with van der Waals surface area (Å²) in [5, 5.41) is 0. The van der Waals surface area contributed by atoms with Crippen molar-refractivity contribution in [2.45, 2.75) is 32.6 Å². The minimum atomic E-state index is -0.188. The van der Waals surface area contributed by atoms with E-state index in [2.05, 4.69) is 58.1 Å². The van der Waals surface area contributed by atoms with Crippen LogP contribution in [0.25, 0.3) is 6.08 Å². The maximum absolute atomic E-state index is 13.3. The minimum Gasteiger partial charge on any atom is -0.371 e. The monoisotopic (exact) mass is 462 g/mol. The molecule has 0 aliphatic carbocycles. The zero-order valence-electron chi connectivity index (χ0n) is 20.2. The first-order valence-electron chi connectivity index (χ1n) is 12.7. The van der Waals surface area contributed by atoms with Gasteiger partial charge in [-0.15, -0.1) is 0 Å². The Morgan fingerprint density at radius 2 is 1.46 bits per heavy atom. The van der Waals surface area contributed by atoms with Crippen molar-refractivity contribution < 1.29 is 4.79 Å². The lowest BCUT2D eigenvalue weighted by molar-refractivity contribution is -0.114. The van der Waals surface area contributed by atoms with Crippen LogP contribution in [-0.2, 0) is 17.6 Å². The van der Waals surface area contributed by atoms with Gasteiger partial charge in [-0.25, -0.2) is 0 Å². The number of carbonyl (C=O) groups is 1. The maximum atomic E-state index is 13.3. The molecule has 0 radical (unpaired) electrons. The molecule has 3 aromatic rings. The maximum Gasteiger partial charge on any atom is 0.296 e. The fourth-order valence-corrected chi connectivity index (χ4v) is 5.66. The van der Waals surface area contributed by atoms with E-state index in [1.165, 1.54) is 29.7 Å². The predicted octanol–water partition coefficient (Wildman–Crippen LogP) is 5.78. The second-order valence-electron chi connectivity index (χ2n) is 9.38. The summed E-state index contributed by atoms with van der Waals surface area (Å²) in [4.78, 5) is 24.5. The summed E-state index contributed by atoms with van der Waals surface area (Å²) in [6.45, 7) is 5.05. The van der Waals surface area contributed by atoms with Gasteiger partial charge in [-0.1, -0.05) is 36.4 Å². The molecule has 5 nitrogen and oxygen atoms in total. The lowest BCUT2D eigenvalue weighted by Gasteiger charge is -2.37. The molecule has 3 aromatic carbocycles. The van der Waals surface area contributed by atoms with E-state index in [-0.39, 0.29) is 5.91 Å². The SMILES string of the molecule is CCN1C(=Cc2cc3c4c(c2)CCCN4CCC3)C(=O)N=C1N(c1ccccc1)c1ccccc1. The van der Waals surface area contributed by atoms with Crippen LogP contribution in [0.4, 0.5) is 17.1 Å². The molecule has 0 N–H and O–H groups in total. The Bertz CT molecular complexity index is 1240. The number of likely N-dealkylation sites (N-methyl/N-ethyl adjacent to an activating group) is 1. The number of hydrogen-bond acceptors (Lipinski definition) is 4. The van der Waals surface area contributed by atoms with Crippen molar-refractivity contribution in [1.82, 2.24) is 4.90 Å². The van der Waals surface area contributed by atoms with Crippen LogP contribution in [0.5, 0.6) is 0 Å². The Balaban J connectivity index is 1.41. The molecule has 0 unspecified atom stereocenters. The number of benzene rings is 3. The van der Waals surface area contributed by atoms with Gasteiger partial charge in [0, 0.05) is 36.7 Å². The number of para-hydroxylation sites is 2. The normalized spacial score (nSPS) is 18.0. The number of hydrogen-bond donors (Lipinski definition) is 0. The average Bonchev–Trinajstić information content (AvgIpc) is 3.20. The van der Waals surface area contributed by atoms with E-state index in [1.807, 2.05) is 47.4 Å². The van der Waals surface area contributed by atoms with Gasteiger partial charge >= 0.3 is 0 Å². The van der Waals surface area contributed by atoms with Gasteiger partial charge in [0.15, 0.2) is 0 Å². The summed E-state index contributed by atoms with van der Waals surface area (Å²) in [5.74, 6) is 0.457. The summed E-state index contributed by atoms with van der Waals surface area (Å²) < 4.78 is 0. The van der Waals surface area contributed by atoms with E-state index < -0.39 is 0 Å². The molecule has 6 rings (SSSR count). The van der Waals surface area contributed by atoms with Gasteiger partial charge in [-0.05, 0) is 91.8 Å². The van der Waals surface area contributed by atoms with Gasteiger partial charge in [-0.3, -0.25) is 9.69 Å². The molecule has 0 atom stereocenters. The molecule has 1 amide bonds. The van der Waals surface area contributed by atoms with E-state index in [4.69, 9.17) is 0 Å². The number of guanidine groups is 1. The summed E-state index contributed by atoms with van der Waals surface area (Å²) in [7, 11) is 0. The molecule has 0 saturated heterocycles. The van der Waals surface area contributed by atoms with Gasteiger partial charge in [-0.2, -0.15) is 4.99 Å². The van der Waals surface area contributed by atoms with Crippen LogP contribution in [0.3, 0.4) is 0 Å². The predicted molar refractivity (Wildman–Crippen MR) is 143 cm³/mol. The molecular formula is C30H30N4O. The van der Waals surface area contributed by atoms with Crippen molar-refractivity contribution in [2.24, 2.45) is 4.99 Å². The van der Waals surface area contributed by atoms with Crippen molar-refractivity contribution >= 4 is 35.0 Å². The molecule has 0 saturated carbocycles. The molecule has 35 heavy (non-hydrogen) atoms. The highest BCUT2D eigenvalue weighted by Gasteiger charge is 2.34. The second-order valence-corrected chi connectivity index (χ2v) is 9.38. The van der Waals surface area contributed by atoms with Crippen molar-refractivity contribution in [3.63, 3.8) is 0 Å². The van der Waals surface area contributed by atoms with Crippen LogP contribution in [0.2, 0.25) is 0 Å². The Labute approximate surface area is 207 Å². The van der Waals surface area contributed by atoms with Crippen molar-refractivity contribution in [1.29, 1.82) is 0 Å². The Kier molecular flexibility index (Phi) is 5.61. The second kappa shape index (κ2) is 9.06. The Morgan fingerprint density at radius 3 is 2.00 bits per heavy atom. The topological polar surface area (TPSA) is 39.1 Å². The largest absolute Gasteiger partial charge is 0.371 e. The third-order valence-electron chi connectivity index (χ3n) is 7.16. The van der Waals surface area contributed by atoms with Gasteiger partial charge in [0.25, 0.3) is 5.91 Å². The third kappa shape index (κ3) is 3.91. The van der Waals surface area contributed by atoms with Crippen molar-refractivity contribution in [2.75, 3.05) is 29.4 Å². The summed E-state index contributed by atoms with van der Waals surface area (Å²) in [5.41, 5.74) is 7.98. The van der Waals surface area contributed by atoms with Gasteiger partial charge < -0.3 is 9.80 Å². The fraction of sp³-hybridized carbons (Fsp3) is 0.267. The van der Waals surface area contributed by atoms with Gasteiger partial charge in [0.05, 0.1) is 0 Å².